The van der Waals surface area contributed by atoms with E-state index < -0.39 is 0 Å². The minimum absolute atomic E-state index is 0.543. The molecule has 20 heavy (non-hydrogen) atoms. The molecule has 106 valence electrons. The van der Waals surface area contributed by atoms with Gasteiger partial charge < -0.3 is 5.32 Å². The number of hydrogen-bond acceptors (Lipinski definition) is 3. The summed E-state index contributed by atoms with van der Waals surface area (Å²) in [6.07, 6.45) is 3.38. The minimum Gasteiger partial charge on any atom is -0.312 e. The van der Waals surface area contributed by atoms with Crippen LogP contribution in [-0.2, 0) is 19.4 Å². The van der Waals surface area contributed by atoms with E-state index in [-0.39, 0.29) is 0 Å². The third-order valence-corrected chi connectivity index (χ3v) is 5.21. The maximum absolute atomic E-state index is 4.91. The lowest BCUT2D eigenvalue weighted by molar-refractivity contribution is 0.675. The van der Waals surface area contributed by atoms with Crippen LogP contribution in [-0.4, -0.2) is 11.5 Å². The second-order valence-corrected chi connectivity index (χ2v) is 6.52. The highest BCUT2D eigenvalue weighted by Crippen LogP contribution is 2.42. The first-order chi connectivity index (χ1) is 9.83. The molecule has 0 saturated heterocycles. The second kappa shape index (κ2) is 6.06. The Morgan fingerprint density at radius 2 is 2.15 bits per heavy atom. The molecule has 1 aromatic heterocycles. The van der Waals surface area contributed by atoms with E-state index in [2.05, 4.69) is 43.4 Å². The van der Waals surface area contributed by atoms with Crippen LogP contribution in [0.2, 0.25) is 0 Å². The Morgan fingerprint density at radius 1 is 1.30 bits per heavy atom. The van der Waals surface area contributed by atoms with Crippen molar-refractivity contribution in [3.8, 4) is 0 Å². The Balaban J connectivity index is 1.78. The highest BCUT2D eigenvalue weighted by atomic mass is 32.1. The highest BCUT2D eigenvalue weighted by molar-refractivity contribution is 7.11. The lowest BCUT2D eigenvalue weighted by Gasteiger charge is -2.28. The average Bonchev–Trinajstić information content (AvgIpc) is 2.83. The topological polar surface area (TPSA) is 24.9 Å². The Bertz CT molecular complexity index is 588. The van der Waals surface area contributed by atoms with Crippen molar-refractivity contribution >= 4 is 11.3 Å². The predicted octanol–water partition coefficient (Wildman–Crippen LogP) is 3.89. The van der Waals surface area contributed by atoms with Gasteiger partial charge in [-0.3, -0.25) is 0 Å². The molecule has 0 aliphatic heterocycles. The van der Waals surface area contributed by atoms with Gasteiger partial charge in [0.1, 0.15) is 5.01 Å². The van der Waals surface area contributed by atoms with Crippen molar-refractivity contribution in [2.45, 2.75) is 45.6 Å². The van der Waals surface area contributed by atoms with E-state index in [4.69, 9.17) is 4.98 Å². The van der Waals surface area contributed by atoms with Crippen LogP contribution >= 0.6 is 11.3 Å². The van der Waals surface area contributed by atoms with Crippen molar-refractivity contribution in [3.63, 3.8) is 0 Å². The van der Waals surface area contributed by atoms with E-state index in [1.807, 2.05) is 11.3 Å². The van der Waals surface area contributed by atoms with Gasteiger partial charge in [-0.25, -0.2) is 4.98 Å². The number of fused-ring (bicyclic) bond motifs is 1. The fourth-order valence-electron chi connectivity index (χ4n) is 2.82. The van der Waals surface area contributed by atoms with E-state index >= 15 is 0 Å². The van der Waals surface area contributed by atoms with Crippen LogP contribution in [0.3, 0.4) is 0 Å². The molecule has 2 nitrogen and oxygen atoms in total. The van der Waals surface area contributed by atoms with Gasteiger partial charge in [-0.15, -0.1) is 11.3 Å². The maximum atomic E-state index is 4.91. The smallest absolute Gasteiger partial charge is 0.101 e. The van der Waals surface area contributed by atoms with Crippen LogP contribution in [0.1, 0.15) is 52.9 Å². The van der Waals surface area contributed by atoms with Crippen molar-refractivity contribution in [1.82, 2.24) is 10.3 Å². The number of rotatable bonds is 6. The lowest BCUT2D eigenvalue weighted by atomic mass is 9.78. The highest BCUT2D eigenvalue weighted by Gasteiger charge is 2.30. The fraction of sp³-hybridized carbons (Fsp3) is 0.471. The zero-order valence-corrected chi connectivity index (χ0v) is 13.1. The Hall–Kier alpha value is -1.19. The van der Waals surface area contributed by atoms with Crippen molar-refractivity contribution in [2.75, 3.05) is 6.54 Å². The average molecular weight is 286 g/mol. The van der Waals surface area contributed by atoms with Crippen LogP contribution < -0.4 is 5.32 Å². The van der Waals surface area contributed by atoms with Gasteiger partial charge in [0.15, 0.2) is 0 Å². The molecule has 3 rings (SSSR count). The minimum atomic E-state index is 0.543. The molecule has 1 atom stereocenters. The van der Waals surface area contributed by atoms with E-state index in [0.29, 0.717) is 5.92 Å². The molecule has 0 spiro atoms. The van der Waals surface area contributed by atoms with Gasteiger partial charge in [-0.1, -0.05) is 38.1 Å². The Kier molecular flexibility index (Phi) is 4.18. The molecular formula is C17H22N2S. The van der Waals surface area contributed by atoms with Gasteiger partial charge in [0, 0.05) is 17.3 Å². The lowest BCUT2D eigenvalue weighted by Crippen LogP contribution is -2.17. The van der Waals surface area contributed by atoms with Crippen molar-refractivity contribution in [1.29, 1.82) is 0 Å². The van der Waals surface area contributed by atoms with E-state index in [1.165, 1.54) is 33.1 Å². The number of nitrogens with zero attached hydrogens (tertiary/aromatic N) is 1. The molecule has 3 heteroatoms. The van der Waals surface area contributed by atoms with Crippen LogP contribution in [0.25, 0.3) is 0 Å². The van der Waals surface area contributed by atoms with Gasteiger partial charge in [0.2, 0.25) is 0 Å². The molecule has 2 aromatic rings. The normalized spacial score (nSPS) is 16.8. The summed E-state index contributed by atoms with van der Waals surface area (Å²) >= 11 is 1.91. The molecule has 0 fully saturated rings. The molecule has 1 aromatic carbocycles. The van der Waals surface area contributed by atoms with E-state index in [1.54, 1.807) is 0 Å². The zero-order valence-electron chi connectivity index (χ0n) is 12.3. The number of hydrogen-bond donors (Lipinski definition) is 1. The second-order valence-electron chi connectivity index (χ2n) is 5.41. The number of aromatic nitrogens is 1. The molecular weight excluding hydrogens is 264 g/mol. The summed E-state index contributed by atoms with van der Waals surface area (Å²) < 4.78 is 0. The van der Waals surface area contributed by atoms with Crippen LogP contribution in [0, 0.1) is 0 Å². The zero-order chi connectivity index (χ0) is 13.9. The van der Waals surface area contributed by atoms with Gasteiger partial charge in [0.25, 0.3) is 0 Å². The largest absolute Gasteiger partial charge is 0.312 e. The molecule has 1 N–H and O–H groups in total. The van der Waals surface area contributed by atoms with Crippen molar-refractivity contribution in [2.24, 2.45) is 0 Å². The third-order valence-electron chi connectivity index (χ3n) is 3.99. The first-order valence-corrected chi connectivity index (χ1v) is 8.42. The molecule has 0 amide bonds. The molecule has 1 aliphatic carbocycles. The molecule has 1 heterocycles. The first kappa shape index (κ1) is 13.8. The predicted molar refractivity (Wildman–Crippen MR) is 85.5 cm³/mol. The van der Waals surface area contributed by atoms with Crippen molar-refractivity contribution < 1.29 is 0 Å². The Morgan fingerprint density at radius 3 is 2.90 bits per heavy atom. The molecule has 0 saturated carbocycles. The van der Waals surface area contributed by atoms with Gasteiger partial charge in [-0.2, -0.15) is 0 Å². The SMILES string of the molecule is CCCNCc1sc(C2Cc3ccccc32)nc1CC. The van der Waals surface area contributed by atoms with E-state index in [0.717, 1.165) is 25.9 Å². The van der Waals surface area contributed by atoms with Crippen LogP contribution in [0.5, 0.6) is 0 Å². The summed E-state index contributed by atoms with van der Waals surface area (Å²) in [5, 5.41) is 4.82. The number of benzene rings is 1. The fourth-order valence-corrected chi connectivity index (χ4v) is 4.07. The molecule has 1 aliphatic rings. The summed E-state index contributed by atoms with van der Waals surface area (Å²) in [5.74, 6) is 0.543. The maximum Gasteiger partial charge on any atom is 0.101 e. The van der Waals surface area contributed by atoms with Gasteiger partial charge in [0.05, 0.1) is 5.69 Å². The summed E-state index contributed by atoms with van der Waals surface area (Å²) in [4.78, 5) is 6.34. The van der Waals surface area contributed by atoms with Crippen LogP contribution in [0.15, 0.2) is 24.3 Å². The third kappa shape index (κ3) is 2.52. The first-order valence-electron chi connectivity index (χ1n) is 7.60. The summed E-state index contributed by atoms with van der Waals surface area (Å²) in [6.45, 7) is 6.47. The Labute approximate surface area is 125 Å². The van der Waals surface area contributed by atoms with Crippen molar-refractivity contribution in [3.05, 3.63) is 51.0 Å². The standard InChI is InChI=1S/C17H22N2S/c1-3-9-18-11-16-15(4-2)19-17(20-16)14-10-12-7-5-6-8-13(12)14/h5-8,14,18H,3-4,9-11H2,1-2H3. The number of aryl methyl sites for hydroxylation is 1. The molecule has 0 radical (unpaired) electrons. The summed E-state index contributed by atoms with van der Waals surface area (Å²) in [6, 6.07) is 8.77. The quantitative estimate of drug-likeness (QED) is 0.815. The molecule has 1 unspecified atom stereocenters. The van der Waals surface area contributed by atoms with E-state index in [9.17, 15) is 0 Å². The van der Waals surface area contributed by atoms with Crippen LogP contribution in [0.4, 0.5) is 0 Å². The monoisotopic (exact) mass is 286 g/mol. The summed E-state index contributed by atoms with van der Waals surface area (Å²) in [7, 11) is 0. The van der Waals surface area contributed by atoms with Gasteiger partial charge in [-0.05, 0) is 36.9 Å². The number of thiazole rings is 1. The molecule has 0 bridgehead atoms. The van der Waals surface area contributed by atoms with Gasteiger partial charge >= 0.3 is 0 Å². The number of nitrogens with one attached hydrogen (secondary N) is 1. The summed E-state index contributed by atoms with van der Waals surface area (Å²) in [5.41, 5.74) is 4.27.